The maximum atomic E-state index is 12.4. The van der Waals surface area contributed by atoms with Gasteiger partial charge in [-0.3, -0.25) is 4.79 Å². The van der Waals surface area contributed by atoms with Crippen LogP contribution in [0.1, 0.15) is 24.4 Å². The lowest BCUT2D eigenvalue weighted by Crippen LogP contribution is -2.45. The van der Waals surface area contributed by atoms with Gasteiger partial charge in [0, 0.05) is 24.0 Å². The number of aromatic nitrogens is 2. The summed E-state index contributed by atoms with van der Waals surface area (Å²) >= 11 is 1.64. The van der Waals surface area contributed by atoms with Gasteiger partial charge in [0.2, 0.25) is 5.91 Å². The summed E-state index contributed by atoms with van der Waals surface area (Å²) in [4.78, 5) is 23.7. The predicted molar refractivity (Wildman–Crippen MR) is 121 cm³/mol. The Hall–Kier alpha value is -2.77. The molecule has 2 unspecified atom stereocenters. The molecule has 1 aromatic carbocycles. The average Bonchev–Trinajstić information content (AvgIpc) is 3.14. The molecule has 0 spiro atoms. The number of thiazole rings is 1. The Morgan fingerprint density at radius 3 is 2.50 bits per heavy atom. The summed E-state index contributed by atoms with van der Waals surface area (Å²) in [5, 5.41) is 6.03. The molecule has 6 nitrogen and oxygen atoms in total. The lowest BCUT2D eigenvalue weighted by Gasteiger charge is -2.36. The van der Waals surface area contributed by atoms with Crippen molar-refractivity contribution in [1.29, 1.82) is 0 Å². The number of rotatable bonds is 5. The van der Waals surface area contributed by atoms with E-state index in [1.807, 2.05) is 48.7 Å². The molecule has 1 aliphatic heterocycles. The molecule has 4 rings (SSSR count). The van der Waals surface area contributed by atoms with E-state index < -0.39 is 0 Å². The van der Waals surface area contributed by atoms with Gasteiger partial charge in [-0.15, -0.1) is 11.3 Å². The Bertz CT molecular complexity index is 991. The summed E-state index contributed by atoms with van der Waals surface area (Å²) in [7, 11) is 0. The molecular formula is C23H26N4O2S. The number of carbonyl (C=O) groups is 1. The number of hydrogen-bond donors (Lipinski definition) is 1. The van der Waals surface area contributed by atoms with Gasteiger partial charge < -0.3 is 15.0 Å². The normalized spacial score (nSPS) is 19.0. The second-order valence-corrected chi connectivity index (χ2v) is 8.80. The summed E-state index contributed by atoms with van der Waals surface area (Å²) in [6.07, 6.45) is 2.39. The molecule has 1 amide bonds. The largest absolute Gasteiger partial charge is 0.372 e. The van der Waals surface area contributed by atoms with E-state index in [2.05, 4.69) is 34.0 Å². The molecule has 0 bridgehead atoms. The highest BCUT2D eigenvalue weighted by molar-refractivity contribution is 7.09. The summed E-state index contributed by atoms with van der Waals surface area (Å²) in [5.41, 5.74) is 3.70. The predicted octanol–water partition coefficient (Wildman–Crippen LogP) is 4.31. The fourth-order valence-corrected chi connectivity index (χ4v) is 4.31. The zero-order valence-corrected chi connectivity index (χ0v) is 18.3. The van der Waals surface area contributed by atoms with Crippen molar-refractivity contribution >= 4 is 28.7 Å². The van der Waals surface area contributed by atoms with Crippen LogP contribution < -0.4 is 10.2 Å². The Balaban J connectivity index is 1.33. The molecule has 1 saturated heterocycles. The number of amides is 1. The van der Waals surface area contributed by atoms with Crippen LogP contribution in [0.5, 0.6) is 0 Å². The van der Waals surface area contributed by atoms with Crippen LogP contribution in [0.15, 0.2) is 48.0 Å². The number of anilines is 2. The van der Waals surface area contributed by atoms with Gasteiger partial charge in [-0.1, -0.05) is 24.3 Å². The SMILES string of the molecule is Cc1nc(-c2ccc(CC(=O)Nc3ccc(N4CC(C)OC(C)C4)nc3)cc2)cs1. The van der Waals surface area contributed by atoms with E-state index in [1.165, 1.54) is 0 Å². The highest BCUT2D eigenvalue weighted by atomic mass is 32.1. The molecule has 7 heteroatoms. The van der Waals surface area contributed by atoms with E-state index in [0.717, 1.165) is 40.7 Å². The fourth-order valence-electron chi connectivity index (χ4n) is 3.69. The number of benzene rings is 1. The molecule has 3 heterocycles. The van der Waals surface area contributed by atoms with Gasteiger partial charge in [0.25, 0.3) is 0 Å². The summed E-state index contributed by atoms with van der Waals surface area (Å²) in [5.74, 6) is 0.846. The van der Waals surface area contributed by atoms with Crippen molar-refractivity contribution in [2.24, 2.45) is 0 Å². The van der Waals surface area contributed by atoms with Crippen molar-refractivity contribution in [3.8, 4) is 11.3 Å². The third-order valence-corrected chi connectivity index (χ3v) is 5.78. The second-order valence-electron chi connectivity index (χ2n) is 7.74. The van der Waals surface area contributed by atoms with Crippen molar-refractivity contribution in [3.63, 3.8) is 0 Å². The van der Waals surface area contributed by atoms with E-state index in [9.17, 15) is 4.79 Å². The van der Waals surface area contributed by atoms with Crippen molar-refractivity contribution in [2.75, 3.05) is 23.3 Å². The minimum Gasteiger partial charge on any atom is -0.372 e. The zero-order valence-electron chi connectivity index (χ0n) is 17.5. The van der Waals surface area contributed by atoms with Crippen LogP contribution >= 0.6 is 11.3 Å². The molecule has 1 fully saturated rings. The highest BCUT2D eigenvalue weighted by Crippen LogP contribution is 2.22. The zero-order chi connectivity index (χ0) is 21.1. The van der Waals surface area contributed by atoms with Gasteiger partial charge in [0.1, 0.15) is 5.82 Å². The first-order valence-corrected chi connectivity index (χ1v) is 11.0. The molecule has 2 atom stereocenters. The second kappa shape index (κ2) is 8.93. The number of nitrogens with zero attached hydrogens (tertiary/aromatic N) is 3. The molecule has 1 aliphatic rings. The van der Waals surface area contributed by atoms with Crippen LogP contribution in [-0.4, -0.2) is 41.2 Å². The monoisotopic (exact) mass is 422 g/mol. The van der Waals surface area contributed by atoms with Crippen molar-refractivity contribution in [2.45, 2.75) is 39.4 Å². The third-order valence-electron chi connectivity index (χ3n) is 5.01. The Morgan fingerprint density at radius 1 is 1.17 bits per heavy atom. The van der Waals surface area contributed by atoms with E-state index in [4.69, 9.17) is 4.74 Å². The lowest BCUT2D eigenvalue weighted by atomic mass is 10.1. The van der Waals surface area contributed by atoms with Crippen LogP contribution in [-0.2, 0) is 16.0 Å². The molecule has 3 aromatic rings. The smallest absolute Gasteiger partial charge is 0.228 e. The molecule has 2 aromatic heterocycles. The summed E-state index contributed by atoms with van der Waals surface area (Å²) < 4.78 is 5.77. The average molecular weight is 423 g/mol. The van der Waals surface area contributed by atoms with Gasteiger partial charge in [0.05, 0.1) is 41.2 Å². The number of pyridine rings is 1. The van der Waals surface area contributed by atoms with Gasteiger partial charge in [-0.25, -0.2) is 9.97 Å². The molecule has 0 aliphatic carbocycles. The summed E-state index contributed by atoms with van der Waals surface area (Å²) in [6, 6.07) is 11.8. The fraction of sp³-hybridized carbons (Fsp3) is 0.348. The number of carbonyl (C=O) groups excluding carboxylic acids is 1. The number of hydrogen-bond acceptors (Lipinski definition) is 6. The molecule has 0 saturated carbocycles. The van der Waals surface area contributed by atoms with Crippen LogP contribution in [0.3, 0.4) is 0 Å². The molecule has 1 N–H and O–H groups in total. The van der Waals surface area contributed by atoms with E-state index in [0.29, 0.717) is 12.1 Å². The third kappa shape index (κ3) is 5.04. The van der Waals surface area contributed by atoms with Crippen LogP contribution in [0.4, 0.5) is 11.5 Å². The minimum atomic E-state index is -0.0598. The number of nitrogens with one attached hydrogen (secondary N) is 1. The standard InChI is InChI=1S/C23H26N4O2S/c1-15-12-27(13-16(2)29-15)22-9-8-20(11-24-22)26-23(28)10-18-4-6-19(7-5-18)21-14-30-17(3)25-21/h4-9,11,14-16H,10,12-13H2,1-3H3,(H,26,28). The molecular weight excluding hydrogens is 396 g/mol. The van der Waals surface area contributed by atoms with Crippen molar-refractivity contribution in [1.82, 2.24) is 9.97 Å². The number of morpholine rings is 1. The molecule has 0 radical (unpaired) electrons. The quantitative estimate of drug-likeness (QED) is 0.664. The van der Waals surface area contributed by atoms with E-state index in [1.54, 1.807) is 17.5 Å². The Kier molecular flexibility index (Phi) is 6.11. The van der Waals surface area contributed by atoms with Crippen LogP contribution in [0.25, 0.3) is 11.3 Å². The lowest BCUT2D eigenvalue weighted by molar-refractivity contribution is -0.115. The van der Waals surface area contributed by atoms with Gasteiger partial charge in [0.15, 0.2) is 0 Å². The van der Waals surface area contributed by atoms with Gasteiger partial charge in [-0.05, 0) is 38.5 Å². The van der Waals surface area contributed by atoms with Crippen LogP contribution in [0.2, 0.25) is 0 Å². The van der Waals surface area contributed by atoms with Gasteiger partial charge >= 0.3 is 0 Å². The first-order chi connectivity index (χ1) is 14.5. The highest BCUT2D eigenvalue weighted by Gasteiger charge is 2.23. The first-order valence-electron chi connectivity index (χ1n) is 10.1. The van der Waals surface area contributed by atoms with Crippen LogP contribution in [0, 0.1) is 6.92 Å². The number of aryl methyl sites for hydroxylation is 1. The maximum absolute atomic E-state index is 12.4. The molecule has 30 heavy (non-hydrogen) atoms. The summed E-state index contributed by atoms with van der Waals surface area (Å²) in [6.45, 7) is 7.78. The van der Waals surface area contributed by atoms with E-state index >= 15 is 0 Å². The minimum absolute atomic E-state index is 0.0598. The Morgan fingerprint density at radius 2 is 1.90 bits per heavy atom. The van der Waals surface area contributed by atoms with Crippen molar-refractivity contribution in [3.05, 3.63) is 58.5 Å². The van der Waals surface area contributed by atoms with Crippen molar-refractivity contribution < 1.29 is 9.53 Å². The van der Waals surface area contributed by atoms with E-state index in [-0.39, 0.29) is 18.1 Å². The Labute approximate surface area is 180 Å². The topological polar surface area (TPSA) is 67.4 Å². The first kappa shape index (κ1) is 20.5. The van der Waals surface area contributed by atoms with Gasteiger partial charge in [-0.2, -0.15) is 0 Å². The molecule has 156 valence electrons. The number of ether oxygens (including phenoxy) is 1. The maximum Gasteiger partial charge on any atom is 0.228 e.